The summed E-state index contributed by atoms with van der Waals surface area (Å²) in [5, 5.41) is 0. The molecule has 0 aromatic carbocycles. The molecule has 31 heavy (non-hydrogen) atoms. The van der Waals surface area contributed by atoms with Crippen molar-refractivity contribution in [3.63, 3.8) is 0 Å². The summed E-state index contributed by atoms with van der Waals surface area (Å²) < 4.78 is 173. The van der Waals surface area contributed by atoms with Gasteiger partial charge in [0.15, 0.2) is 0 Å². The number of alkyl halides is 13. The van der Waals surface area contributed by atoms with E-state index in [9.17, 15) is 61.9 Å². The van der Waals surface area contributed by atoms with Gasteiger partial charge in [-0.05, 0) is 25.7 Å². The van der Waals surface area contributed by atoms with Gasteiger partial charge < -0.3 is 4.74 Å². The van der Waals surface area contributed by atoms with Crippen LogP contribution in [0.15, 0.2) is 0 Å². The van der Waals surface area contributed by atoms with Crippen LogP contribution in [0.3, 0.4) is 0 Å². The molecule has 0 N–H and O–H groups in total. The molecule has 0 aromatic rings. The van der Waals surface area contributed by atoms with Gasteiger partial charge in [-0.1, -0.05) is 13.8 Å². The Morgan fingerprint density at radius 3 is 1.58 bits per heavy atom. The molecule has 1 unspecified atom stereocenters. The third kappa shape index (κ3) is 5.68. The van der Waals surface area contributed by atoms with Gasteiger partial charge in [0, 0.05) is 6.42 Å². The number of rotatable bonds is 12. The van der Waals surface area contributed by atoms with Crippen LogP contribution in [-0.4, -0.2) is 48.4 Å². The third-order valence-electron chi connectivity index (χ3n) is 4.39. The molecule has 0 spiro atoms. The molecule has 0 aliphatic carbocycles. The lowest BCUT2D eigenvalue weighted by Crippen LogP contribution is -2.70. The predicted molar refractivity (Wildman–Crippen MR) is 79.7 cm³/mol. The number of halogens is 13. The maximum Gasteiger partial charge on any atom is 0.460 e. The van der Waals surface area contributed by atoms with E-state index < -0.39 is 66.9 Å². The first-order valence-electron chi connectivity index (χ1n) is 8.74. The van der Waals surface area contributed by atoms with Gasteiger partial charge in [-0.15, -0.1) is 0 Å². The van der Waals surface area contributed by atoms with E-state index >= 15 is 0 Å². The molecule has 1 atom stereocenters. The summed E-state index contributed by atoms with van der Waals surface area (Å²) in [6, 6.07) is 0. The van der Waals surface area contributed by atoms with Crippen LogP contribution < -0.4 is 0 Å². The lowest BCUT2D eigenvalue weighted by molar-refractivity contribution is -0.440. The van der Waals surface area contributed by atoms with Crippen LogP contribution in [-0.2, 0) is 9.53 Å². The number of ether oxygens (including phenoxy) is 1. The van der Waals surface area contributed by atoms with Gasteiger partial charge in [0.2, 0.25) is 0 Å². The molecule has 0 amide bonds. The molecule has 0 rings (SSSR count). The second kappa shape index (κ2) is 9.59. The highest BCUT2D eigenvalue weighted by Crippen LogP contribution is 2.60. The Hall–Kier alpha value is -1.44. The van der Waals surface area contributed by atoms with E-state index in [0.717, 1.165) is 0 Å². The van der Waals surface area contributed by atoms with Crippen LogP contribution >= 0.6 is 0 Å². The fraction of sp³-hybridized carbons (Fsp3) is 0.938. The van der Waals surface area contributed by atoms with Crippen LogP contribution in [0.4, 0.5) is 57.1 Å². The largest absolute Gasteiger partial charge is 0.465 e. The van der Waals surface area contributed by atoms with Crippen LogP contribution in [0.2, 0.25) is 0 Å². The van der Waals surface area contributed by atoms with Crippen molar-refractivity contribution < 1.29 is 66.6 Å². The number of hydrogen-bond acceptors (Lipinski definition) is 2. The summed E-state index contributed by atoms with van der Waals surface area (Å²) >= 11 is 0. The van der Waals surface area contributed by atoms with Gasteiger partial charge in [0.1, 0.15) is 0 Å². The number of unbranched alkanes of at least 4 members (excludes halogenated alkanes) is 2. The highest BCUT2D eigenvalue weighted by molar-refractivity contribution is 5.71. The monoisotopic (exact) mass is 490 g/mol. The Morgan fingerprint density at radius 2 is 1.16 bits per heavy atom. The molecule has 0 aliphatic rings. The summed E-state index contributed by atoms with van der Waals surface area (Å²) in [7, 11) is 0. The second-order valence-electron chi connectivity index (χ2n) is 6.79. The third-order valence-corrected chi connectivity index (χ3v) is 4.39. The van der Waals surface area contributed by atoms with Crippen molar-refractivity contribution >= 4 is 5.97 Å². The van der Waals surface area contributed by atoms with E-state index in [0.29, 0.717) is 6.42 Å². The molecule has 2 nitrogen and oxygen atoms in total. The summed E-state index contributed by atoms with van der Waals surface area (Å²) in [6.07, 6.45) is -11.0. The van der Waals surface area contributed by atoms with E-state index in [1.54, 1.807) is 6.92 Å². The number of hydrogen-bond donors (Lipinski definition) is 0. The zero-order valence-corrected chi connectivity index (χ0v) is 16.1. The number of esters is 1. The molecule has 0 heterocycles. The molecular formula is C16H19F13O2. The Balaban J connectivity index is 5.20. The van der Waals surface area contributed by atoms with Crippen molar-refractivity contribution in [2.45, 2.75) is 81.7 Å². The van der Waals surface area contributed by atoms with E-state index in [-0.39, 0.29) is 13.0 Å². The fourth-order valence-electron chi connectivity index (χ4n) is 2.07. The van der Waals surface area contributed by atoms with Gasteiger partial charge in [0.25, 0.3) is 0 Å². The molecule has 0 bridgehead atoms. The molecule has 0 aliphatic heterocycles. The van der Waals surface area contributed by atoms with E-state index in [4.69, 9.17) is 0 Å². The zero-order valence-electron chi connectivity index (χ0n) is 16.1. The Bertz CT molecular complexity index is 599. The standard InChI is InChI=1S/C16H19F13O2/c1-3-9(2)10(30)31-8-6-4-5-7-11(17,18)12(19,20)13(21,22)14(23,24)15(25,26)16(27,28)29/h9H,3-8H2,1-2H3. The maximum atomic E-state index is 13.5. The maximum absolute atomic E-state index is 13.5. The van der Waals surface area contributed by atoms with Crippen molar-refractivity contribution in [3.8, 4) is 0 Å². The average molecular weight is 490 g/mol. The summed E-state index contributed by atoms with van der Waals surface area (Å²) in [6.45, 7) is 2.79. The van der Waals surface area contributed by atoms with Crippen molar-refractivity contribution in [2.75, 3.05) is 6.61 Å². The fourth-order valence-corrected chi connectivity index (χ4v) is 2.07. The van der Waals surface area contributed by atoms with Crippen LogP contribution in [0.1, 0.15) is 46.0 Å². The molecule has 0 fully saturated rings. The first-order chi connectivity index (χ1) is 13.6. The van der Waals surface area contributed by atoms with Crippen molar-refractivity contribution in [1.82, 2.24) is 0 Å². The molecule has 0 saturated carbocycles. The van der Waals surface area contributed by atoms with E-state index in [2.05, 4.69) is 4.74 Å². The Kier molecular flexibility index (Phi) is 9.14. The quantitative estimate of drug-likeness (QED) is 0.170. The van der Waals surface area contributed by atoms with Crippen molar-refractivity contribution in [1.29, 1.82) is 0 Å². The van der Waals surface area contributed by atoms with Crippen LogP contribution in [0.25, 0.3) is 0 Å². The number of carbonyl (C=O) groups excluding carboxylic acids is 1. The lowest BCUT2D eigenvalue weighted by Gasteiger charge is -2.39. The summed E-state index contributed by atoms with van der Waals surface area (Å²) in [5.74, 6) is -37.8. The van der Waals surface area contributed by atoms with Gasteiger partial charge in [-0.2, -0.15) is 57.1 Å². The summed E-state index contributed by atoms with van der Waals surface area (Å²) in [5.41, 5.74) is 0. The molecule has 15 heteroatoms. The lowest BCUT2D eigenvalue weighted by atomic mass is 9.91. The SMILES string of the molecule is CCC(C)C(=O)OCCCCCC(F)(F)C(F)(F)C(F)(F)C(F)(F)C(F)(F)C(F)(F)F. The first kappa shape index (κ1) is 29.6. The molecule has 186 valence electrons. The molecule has 0 aromatic heterocycles. The average Bonchev–Trinajstić information content (AvgIpc) is 2.61. The number of carbonyl (C=O) groups is 1. The van der Waals surface area contributed by atoms with Gasteiger partial charge in [-0.25, -0.2) is 0 Å². The minimum Gasteiger partial charge on any atom is -0.465 e. The Labute approximate surface area is 168 Å². The predicted octanol–water partition coefficient (Wildman–Crippen LogP) is 6.87. The zero-order chi connectivity index (χ0) is 25.1. The molecular weight excluding hydrogens is 471 g/mol. The smallest absolute Gasteiger partial charge is 0.460 e. The minimum absolute atomic E-state index is 0.220. The second-order valence-corrected chi connectivity index (χ2v) is 6.79. The highest BCUT2D eigenvalue weighted by atomic mass is 19.4. The van der Waals surface area contributed by atoms with Gasteiger partial charge in [-0.3, -0.25) is 4.79 Å². The highest BCUT2D eigenvalue weighted by Gasteiger charge is 2.90. The van der Waals surface area contributed by atoms with Crippen molar-refractivity contribution in [3.05, 3.63) is 0 Å². The van der Waals surface area contributed by atoms with Crippen LogP contribution in [0, 0.1) is 5.92 Å². The summed E-state index contributed by atoms with van der Waals surface area (Å²) in [4.78, 5) is 11.3. The minimum atomic E-state index is -7.88. The normalized spacial score (nSPS) is 15.7. The molecule has 0 radical (unpaired) electrons. The van der Waals surface area contributed by atoms with Gasteiger partial charge >= 0.3 is 41.8 Å². The first-order valence-corrected chi connectivity index (χ1v) is 8.74. The van der Waals surface area contributed by atoms with E-state index in [1.165, 1.54) is 6.92 Å². The molecule has 0 saturated heterocycles. The Morgan fingerprint density at radius 1 is 0.710 bits per heavy atom. The van der Waals surface area contributed by atoms with Crippen molar-refractivity contribution in [2.24, 2.45) is 5.92 Å². The topological polar surface area (TPSA) is 26.3 Å². The van der Waals surface area contributed by atoms with Gasteiger partial charge in [0.05, 0.1) is 12.5 Å². The van der Waals surface area contributed by atoms with Crippen LogP contribution in [0.5, 0.6) is 0 Å². The van der Waals surface area contributed by atoms with E-state index in [1.807, 2.05) is 0 Å².